The number of amides is 2. The molecule has 6 nitrogen and oxygen atoms in total. The standard InChI is InChI=1S/C20H24N4O2.2ClH/c21-17-5-1-3-15(11-17)20(26)23-18-8-6-14(7-9-18)12-24-10-2-4-16(13-24)19(22)25;;/h1,3,5-9,11,16H,2,4,10,12-13,21H2,(H2,22,25)(H,23,26);2*1H. The van der Waals surface area contributed by atoms with Gasteiger partial charge in [0.05, 0.1) is 5.92 Å². The minimum atomic E-state index is -0.214. The highest BCUT2D eigenvalue weighted by Crippen LogP contribution is 2.19. The molecule has 1 fully saturated rings. The highest BCUT2D eigenvalue weighted by Gasteiger charge is 2.23. The molecule has 0 aliphatic carbocycles. The number of hydrogen-bond donors (Lipinski definition) is 3. The molecule has 0 radical (unpaired) electrons. The van der Waals surface area contributed by atoms with Crippen LogP contribution in [0.4, 0.5) is 11.4 Å². The Balaban J connectivity index is 0.00000196. The van der Waals surface area contributed by atoms with Crippen LogP contribution in [-0.4, -0.2) is 29.8 Å². The van der Waals surface area contributed by atoms with Crippen LogP contribution in [0.1, 0.15) is 28.8 Å². The van der Waals surface area contributed by atoms with E-state index in [1.165, 1.54) is 0 Å². The van der Waals surface area contributed by atoms with Crippen molar-refractivity contribution in [1.29, 1.82) is 0 Å². The number of nitrogens with two attached hydrogens (primary N) is 2. The first-order valence-electron chi connectivity index (χ1n) is 8.79. The zero-order valence-electron chi connectivity index (χ0n) is 15.5. The fourth-order valence-corrected chi connectivity index (χ4v) is 3.27. The molecule has 2 amide bonds. The van der Waals surface area contributed by atoms with Crippen molar-refractivity contribution in [3.8, 4) is 0 Å². The number of hydrogen-bond acceptors (Lipinski definition) is 4. The molecule has 0 saturated carbocycles. The zero-order valence-corrected chi connectivity index (χ0v) is 17.1. The van der Waals surface area contributed by atoms with Crippen LogP contribution in [0, 0.1) is 5.92 Å². The largest absolute Gasteiger partial charge is 0.399 e. The van der Waals surface area contributed by atoms with Crippen molar-refractivity contribution < 1.29 is 9.59 Å². The number of nitrogen functional groups attached to an aromatic ring is 1. The van der Waals surface area contributed by atoms with E-state index < -0.39 is 0 Å². The predicted molar refractivity (Wildman–Crippen MR) is 117 cm³/mol. The molecule has 152 valence electrons. The number of rotatable bonds is 5. The fraction of sp³-hybridized carbons (Fsp3) is 0.300. The minimum Gasteiger partial charge on any atom is -0.399 e. The van der Waals surface area contributed by atoms with Gasteiger partial charge in [0.15, 0.2) is 0 Å². The lowest BCUT2D eigenvalue weighted by Gasteiger charge is -2.31. The Labute approximate surface area is 177 Å². The van der Waals surface area contributed by atoms with E-state index in [0.29, 0.717) is 17.8 Å². The molecule has 0 bridgehead atoms. The maximum Gasteiger partial charge on any atom is 0.255 e. The van der Waals surface area contributed by atoms with Crippen LogP contribution >= 0.6 is 24.8 Å². The van der Waals surface area contributed by atoms with Crippen LogP contribution in [0.15, 0.2) is 48.5 Å². The summed E-state index contributed by atoms with van der Waals surface area (Å²) in [5.74, 6) is -0.458. The van der Waals surface area contributed by atoms with Crippen LogP contribution in [0.5, 0.6) is 0 Å². The summed E-state index contributed by atoms with van der Waals surface area (Å²) >= 11 is 0. The number of carbonyl (C=O) groups excluding carboxylic acids is 2. The smallest absolute Gasteiger partial charge is 0.255 e. The van der Waals surface area contributed by atoms with E-state index in [4.69, 9.17) is 11.5 Å². The van der Waals surface area contributed by atoms with Crippen molar-refractivity contribution in [3.05, 3.63) is 59.7 Å². The van der Waals surface area contributed by atoms with Gasteiger partial charge in [-0.3, -0.25) is 14.5 Å². The summed E-state index contributed by atoms with van der Waals surface area (Å²) in [5.41, 5.74) is 14.1. The molecule has 1 heterocycles. The second-order valence-corrected chi connectivity index (χ2v) is 6.75. The van der Waals surface area contributed by atoms with E-state index in [0.717, 1.165) is 37.2 Å². The number of benzene rings is 2. The molecule has 3 rings (SSSR count). The SMILES string of the molecule is Cl.Cl.NC(=O)C1CCCN(Cc2ccc(NC(=O)c3cccc(N)c3)cc2)C1. The molecular weight excluding hydrogens is 399 g/mol. The van der Waals surface area contributed by atoms with Gasteiger partial charge < -0.3 is 16.8 Å². The lowest BCUT2D eigenvalue weighted by atomic mass is 9.97. The first-order valence-corrected chi connectivity index (χ1v) is 8.79. The first-order chi connectivity index (χ1) is 12.5. The molecule has 1 unspecified atom stereocenters. The van der Waals surface area contributed by atoms with Crippen molar-refractivity contribution in [2.24, 2.45) is 11.7 Å². The number of nitrogens with zero attached hydrogens (tertiary/aromatic N) is 1. The van der Waals surface area contributed by atoms with Crippen molar-refractivity contribution in [2.45, 2.75) is 19.4 Å². The molecule has 2 aromatic rings. The summed E-state index contributed by atoms with van der Waals surface area (Å²) in [4.78, 5) is 25.9. The number of halogens is 2. The number of likely N-dealkylation sites (tertiary alicyclic amines) is 1. The Morgan fingerprint density at radius 3 is 2.46 bits per heavy atom. The lowest BCUT2D eigenvalue weighted by molar-refractivity contribution is -0.123. The van der Waals surface area contributed by atoms with Crippen LogP contribution in [0.3, 0.4) is 0 Å². The number of piperidine rings is 1. The van der Waals surface area contributed by atoms with E-state index in [2.05, 4.69) is 10.2 Å². The van der Waals surface area contributed by atoms with Crippen LogP contribution in [0.25, 0.3) is 0 Å². The van der Waals surface area contributed by atoms with Gasteiger partial charge in [-0.15, -0.1) is 24.8 Å². The number of nitrogens with one attached hydrogen (secondary N) is 1. The van der Waals surface area contributed by atoms with Gasteiger partial charge in [0, 0.05) is 30.0 Å². The van der Waals surface area contributed by atoms with E-state index in [9.17, 15) is 9.59 Å². The van der Waals surface area contributed by atoms with Crippen molar-refractivity contribution in [3.63, 3.8) is 0 Å². The Hall–Kier alpha value is -2.28. The summed E-state index contributed by atoms with van der Waals surface area (Å²) in [5, 5.41) is 2.87. The number of primary amides is 1. The molecular formula is C20H26Cl2N4O2. The first kappa shape index (κ1) is 23.8. The zero-order chi connectivity index (χ0) is 18.5. The Kier molecular flexibility index (Phi) is 9.25. The maximum atomic E-state index is 12.2. The lowest BCUT2D eigenvalue weighted by Crippen LogP contribution is -2.40. The average Bonchev–Trinajstić information content (AvgIpc) is 2.63. The van der Waals surface area contributed by atoms with Gasteiger partial charge >= 0.3 is 0 Å². The molecule has 8 heteroatoms. The summed E-state index contributed by atoms with van der Waals surface area (Å²) < 4.78 is 0. The quantitative estimate of drug-likeness (QED) is 0.641. The molecule has 2 aromatic carbocycles. The van der Waals surface area contributed by atoms with Crippen molar-refractivity contribution in [1.82, 2.24) is 4.90 Å². The highest BCUT2D eigenvalue weighted by atomic mass is 35.5. The summed E-state index contributed by atoms with van der Waals surface area (Å²) in [6.07, 6.45) is 1.86. The Morgan fingerprint density at radius 1 is 1.11 bits per heavy atom. The third kappa shape index (κ3) is 6.41. The van der Waals surface area contributed by atoms with Gasteiger partial charge in [0.2, 0.25) is 5.91 Å². The maximum absolute atomic E-state index is 12.2. The summed E-state index contributed by atoms with van der Waals surface area (Å²) in [6, 6.07) is 14.6. The Morgan fingerprint density at radius 2 is 1.82 bits per heavy atom. The molecule has 1 aliphatic rings. The van der Waals surface area contributed by atoms with Gasteiger partial charge in [0.1, 0.15) is 0 Å². The predicted octanol–water partition coefficient (Wildman–Crippen LogP) is 3.06. The fourth-order valence-electron chi connectivity index (χ4n) is 3.27. The Bertz CT molecular complexity index is 799. The van der Waals surface area contributed by atoms with Crippen molar-refractivity contribution in [2.75, 3.05) is 24.1 Å². The van der Waals surface area contributed by atoms with E-state index in [1.54, 1.807) is 24.3 Å². The normalized spacial score (nSPS) is 16.4. The molecule has 5 N–H and O–H groups in total. The van der Waals surface area contributed by atoms with Gasteiger partial charge in [-0.05, 0) is 55.3 Å². The molecule has 0 spiro atoms. The molecule has 0 aromatic heterocycles. The molecule has 1 aliphatic heterocycles. The second-order valence-electron chi connectivity index (χ2n) is 6.75. The second kappa shape index (κ2) is 10.9. The monoisotopic (exact) mass is 424 g/mol. The van der Waals surface area contributed by atoms with Crippen LogP contribution < -0.4 is 16.8 Å². The molecule has 1 saturated heterocycles. The van der Waals surface area contributed by atoms with E-state index in [1.807, 2.05) is 24.3 Å². The van der Waals surface area contributed by atoms with E-state index in [-0.39, 0.29) is 42.5 Å². The summed E-state index contributed by atoms with van der Waals surface area (Å²) in [6.45, 7) is 2.45. The topological polar surface area (TPSA) is 101 Å². The third-order valence-electron chi connectivity index (χ3n) is 4.67. The van der Waals surface area contributed by atoms with Crippen LogP contribution in [-0.2, 0) is 11.3 Å². The van der Waals surface area contributed by atoms with Crippen molar-refractivity contribution >= 4 is 48.0 Å². The van der Waals surface area contributed by atoms with Gasteiger partial charge in [-0.25, -0.2) is 0 Å². The number of carbonyl (C=O) groups is 2. The van der Waals surface area contributed by atoms with E-state index >= 15 is 0 Å². The van der Waals surface area contributed by atoms with Crippen LogP contribution in [0.2, 0.25) is 0 Å². The van der Waals surface area contributed by atoms with Gasteiger partial charge in [0.25, 0.3) is 5.91 Å². The molecule has 1 atom stereocenters. The van der Waals surface area contributed by atoms with Gasteiger partial charge in [-0.2, -0.15) is 0 Å². The summed E-state index contributed by atoms with van der Waals surface area (Å²) in [7, 11) is 0. The highest BCUT2D eigenvalue weighted by molar-refractivity contribution is 6.04. The van der Waals surface area contributed by atoms with Gasteiger partial charge in [-0.1, -0.05) is 18.2 Å². The number of anilines is 2. The average molecular weight is 425 g/mol. The molecule has 28 heavy (non-hydrogen) atoms. The third-order valence-corrected chi connectivity index (χ3v) is 4.67. The minimum absolute atomic E-state index is 0.